The van der Waals surface area contributed by atoms with E-state index in [1.807, 2.05) is 0 Å². The third-order valence-electron chi connectivity index (χ3n) is 3.52. The Hall–Kier alpha value is -0.120. The Morgan fingerprint density at radius 2 is 1.41 bits per heavy atom. The van der Waals surface area contributed by atoms with Crippen LogP contribution in [-0.4, -0.2) is 44.0 Å². The van der Waals surface area contributed by atoms with Crippen molar-refractivity contribution in [2.75, 3.05) is 33.4 Å². The van der Waals surface area contributed by atoms with E-state index in [1.165, 1.54) is 25.7 Å². The van der Waals surface area contributed by atoms with Crippen LogP contribution in [0, 0.1) is 0 Å². The maximum atomic E-state index is 5.58. The molecule has 0 aromatic rings. The highest BCUT2D eigenvalue weighted by Crippen LogP contribution is 2.30. The molecule has 3 heteroatoms. The van der Waals surface area contributed by atoms with Gasteiger partial charge in [0.1, 0.15) is 0 Å². The largest absolute Gasteiger partial charge is 0.347 e. The second kappa shape index (κ2) is 8.06. The molecule has 1 spiro atoms. The molecule has 17 heavy (non-hydrogen) atoms. The Bertz CT molecular complexity index is 177. The summed E-state index contributed by atoms with van der Waals surface area (Å²) in [5, 5.41) is 0. The summed E-state index contributed by atoms with van der Waals surface area (Å²) in [7, 11) is 2.14. The number of hydrogen-bond acceptors (Lipinski definition) is 3. The molecule has 2 aliphatic rings. The molecule has 0 bridgehead atoms. The molecule has 2 rings (SSSR count). The standard InChI is InChI=1S/C8H15NO2.C6H14/c1-9-4-2-8(3-5-9)10-6-7-11-8;1-3-5-6-4-2/h2-7H2,1H3;3-6H2,1-2H3. The van der Waals surface area contributed by atoms with Crippen molar-refractivity contribution in [2.45, 2.75) is 58.2 Å². The summed E-state index contributed by atoms with van der Waals surface area (Å²) < 4.78 is 11.2. The summed E-state index contributed by atoms with van der Waals surface area (Å²) in [6.45, 7) is 8.22. The molecule has 102 valence electrons. The van der Waals surface area contributed by atoms with Gasteiger partial charge in [-0.1, -0.05) is 39.5 Å². The van der Waals surface area contributed by atoms with Crippen LogP contribution >= 0.6 is 0 Å². The van der Waals surface area contributed by atoms with Crippen LogP contribution in [0.15, 0.2) is 0 Å². The summed E-state index contributed by atoms with van der Waals surface area (Å²) >= 11 is 0. The second-order valence-corrected chi connectivity index (χ2v) is 5.12. The van der Waals surface area contributed by atoms with E-state index in [0.717, 1.165) is 39.1 Å². The predicted molar refractivity (Wildman–Crippen MR) is 71.2 cm³/mol. The van der Waals surface area contributed by atoms with Gasteiger partial charge in [-0.15, -0.1) is 0 Å². The molecule has 0 aliphatic carbocycles. The van der Waals surface area contributed by atoms with E-state index >= 15 is 0 Å². The van der Waals surface area contributed by atoms with Crippen molar-refractivity contribution in [3.8, 4) is 0 Å². The quantitative estimate of drug-likeness (QED) is 0.711. The van der Waals surface area contributed by atoms with E-state index in [4.69, 9.17) is 9.47 Å². The first-order chi connectivity index (χ1) is 8.22. The highest BCUT2D eigenvalue weighted by Gasteiger charge is 2.38. The summed E-state index contributed by atoms with van der Waals surface area (Å²) in [5.41, 5.74) is 0. The van der Waals surface area contributed by atoms with E-state index in [2.05, 4.69) is 25.8 Å². The molecule has 3 nitrogen and oxygen atoms in total. The third-order valence-corrected chi connectivity index (χ3v) is 3.52. The van der Waals surface area contributed by atoms with Crippen LogP contribution in [0.25, 0.3) is 0 Å². The van der Waals surface area contributed by atoms with Gasteiger partial charge >= 0.3 is 0 Å². The lowest BCUT2D eigenvalue weighted by atomic mass is 10.0. The minimum atomic E-state index is -0.188. The molecular formula is C14H29NO2. The van der Waals surface area contributed by atoms with Gasteiger partial charge < -0.3 is 14.4 Å². The first kappa shape index (κ1) is 14.9. The Kier molecular flexibility index (Phi) is 7.09. The molecule has 0 atom stereocenters. The molecule has 2 aliphatic heterocycles. The Balaban J connectivity index is 0.000000209. The fourth-order valence-corrected chi connectivity index (χ4v) is 2.24. The Labute approximate surface area is 106 Å². The average Bonchev–Trinajstić information content (AvgIpc) is 2.80. The lowest BCUT2D eigenvalue weighted by Gasteiger charge is -2.35. The Morgan fingerprint density at radius 1 is 0.941 bits per heavy atom. The third kappa shape index (κ3) is 5.36. The van der Waals surface area contributed by atoms with Crippen LogP contribution in [0.2, 0.25) is 0 Å². The zero-order valence-corrected chi connectivity index (χ0v) is 11.8. The number of likely N-dealkylation sites (tertiary alicyclic amines) is 1. The minimum absolute atomic E-state index is 0.188. The van der Waals surface area contributed by atoms with Crippen molar-refractivity contribution in [1.82, 2.24) is 4.90 Å². The molecule has 0 radical (unpaired) electrons. The minimum Gasteiger partial charge on any atom is -0.347 e. The number of unbranched alkanes of at least 4 members (excludes halogenated alkanes) is 3. The number of rotatable bonds is 3. The number of ether oxygens (including phenoxy) is 2. The highest BCUT2D eigenvalue weighted by atomic mass is 16.7. The van der Waals surface area contributed by atoms with Gasteiger partial charge in [-0.25, -0.2) is 0 Å². The first-order valence-electron chi connectivity index (χ1n) is 7.19. The van der Waals surface area contributed by atoms with Crippen LogP contribution in [0.5, 0.6) is 0 Å². The highest BCUT2D eigenvalue weighted by molar-refractivity contribution is 4.81. The van der Waals surface area contributed by atoms with E-state index in [9.17, 15) is 0 Å². The van der Waals surface area contributed by atoms with Gasteiger partial charge in [0, 0.05) is 25.9 Å². The van der Waals surface area contributed by atoms with Crippen LogP contribution in [0.4, 0.5) is 0 Å². The van der Waals surface area contributed by atoms with Crippen molar-refractivity contribution in [3.05, 3.63) is 0 Å². The van der Waals surface area contributed by atoms with E-state index < -0.39 is 0 Å². The molecule has 0 N–H and O–H groups in total. The monoisotopic (exact) mass is 243 g/mol. The van der Waals surface area contributed by atoms with Crippen molar-refractivity contribution in [3.63, 3.8) is 0 Å². The fraction of sp³-hybridized carbons (Fsp3) is 1.00. The molecule has 2 fully saturated rings. The summed E-state index contributed by atoms with van der Waals surface area (Å²) in [6, 6.07) is 0. The first-order valence-corrected chi connectivity index (χ1v) is 7.19. The van der Waals surface area contributed by atoms with Gasteiger partial charge in [0.05, 0.1) is 13.2 Å². The summed E-state index contributed by atoms with van der Waals surface area (Å²) in [4.78, 5) is 2.32. The molecule has 2 saturated heterocycles. The van der Waals surface area contributed by atoms with Gasteiger partial charge in [0.25, 0.3) is 0 Å². The smallest absolute Gasteiger partial charge is 0.170 e. The van der Waals surface area contributed by atoms with Crippen LogP contribution in [0.3, 0.4) is 0 Å². The molecule has 0 aromatic heterocycles. The van der Waals surface area contributed by atoms with Crippen LogP contribution < -0.4 is 0 Å². The van der Waals surface area contributed by atoms with E-state index in [0.29, 0.717) is 0 Å². The van der Waals surface area contributed by atoms with E-state index in [-0.39, 0.29) is 5.79 Å². The summed E-state index contributed by atoms with van der Waals surface area (Å²) in [5.74, 6) is -0.188. The van der Waals surface area contributed by atoms with Gasteiger partial charge in [0.2, 0.25) is 0 Å². The topological polar surface area (TPSA) is 21.7 Å². The van der Waals surface area contributed by atoms with Crippen molar-refractivity contribution in [2.24, 2.45) is 0 Å². The van der Waals surface area contributed by atoms with Crippen LogP contribution in [-0.2, 0) is 9.47 Å². The zero-order valence-electron chi connectivity index (χ0n) is 11.8. The molecule has 0 aromatic carbocycles. The molecule has 0 amide bonds. The number of nitrogens with zero attached hydrogens (tertiary/aromatic N) is 1. The van der Waals surface area contributed by atoms with Crippen LogP contribution in [0.1, 0.15) is 52.4 Å². The number of hydrogen-bond donors (Lipinski definition) is 0. The second-order valence-electron chi connectivity index (χ2n) is 5.12. The molecule has 2 heterocycles. The van der Waals surface area contributed by atoms with Crippen molar-refractivity contribution >= 4 is 0 Å². The SMILES string of the molecule is CCCCCC.CN1CCC2(CC1)OCCO2. The molecular weight excluding hydrogens is 214 g/mol. The lowest BCUT2D eigenvalue weighted by molar-refractivity contribution is -0.183. The van der Waals surface area contributed by atoms with Gasteiger partial charge in [-0.05, 0) is 7.05 Å². The molecule has 0 unspecified atom stereocenters. The van der Waals surface area contributed by atoms with Crippen molar-refractivity contribution in [1.29, 1.82) is 0 Å². The molecule has 0 saturated carbocycles. The van der Waals surface area contributed by atoms with Crippen molar-refractivity contribution < 1.29 is 9.47 Å². The Morgan fingerprint density at radius 3 is 1.82 bits per heavy atom. The predicted octanol–water partition coefficient (Wildman–Crippen LogP) is 3.04. The zero-order chi connectivity index (χ0) is 12.6. The van der Waals surface area contributed by atoms with Gasteiger partial charge in [-0.2, -0.15) is 0 Å². The van der Waals surface area contributed by atoms with Gasteiger partial charge in [-0.3, -0.25) is 0 Å². The average molecular weight is 243 g/mol. The van der Waals surface area contributed by atoms with Gasteiger partial charge in [0.15, 0.2) is 5.79 Å². The van der Waals surface area contributed by atoms with E-state index in [1.54, 1.807) is 0 Å². The number of piperidine rings is 1. The fourth-order valence-electron chi connectivity index (χ4n) is 2.24. The maximum Gasteiger partial charge on any atom is 0.170 e. The lowest BCUT2D eigenvalue weighted by Crippen LogP contribution is -2.43. The maximum absolute atomic E-state index is 5.58. The summed E-state index contributed by atoms with van der Waals surface area (Å²) in [6.07, 6.45) is 7.60. The normalized spacial score (nSPS) is 23.5.